The summed E-state index contributed by atoms with van der Waals surface area (Å²) < 4.78 is 6.16. The van der Waals surface area contributed by atoms with Crippen LogP contribution in [0.1, 0.15) is 11.5 Å². The molecule has 3 nitrogen and oxygen atoms in total. The second-order valence-electron chi connectivity index (χ2n) is 2.88. The Hall–Kier alpha value is -1.51. The highest BCUT2D eigenvalue weighted by Gasteiger charge is 2.10. The third kappa shape index (κ3) is 0.863. The van der Waals surface area contributed by atoms with Gasteiger partial charge in [-0.1, -0.05) is 0 Å². The van der Waals surface area contributed by atoms with E-state index >= 15 is 0 Å². The van der Waals surface area contributed by atoms with Crippen LogP contribution in [0.4, 0.5) is 0 Å². The summed E-state index contributed by atoms with van der Waals surface area (Å²) in [5, 5.41) is 11.4. The molecule has 2 aromatic rings. The molecule has 0 aliphatic carbocycles. The van der Waals surface area contributed by atoms with E-state index < -0.39 is 0 Å². The molecule has 0 radical (unpaired) electrons. The van der Waals surface area contributed by atoms with Gasteiger partial charge >= 0.3 is 0 Å². The fourth-order valence-electron chi connectivity index (χ4n) is 1.25. The van der Waals surface area contributed by atoms with Crippen molar-refractivity contribution in [1.82, 2.24) is 0 Å². The molecule has 0 atom stereocenters. The average Bonchev–Trinajstić information content (AvgIpc) is 2.39. The normalized spacial score (nSPS) is 10.8. The van der Waals surface area contributed by atoms with Crippen LogP contribution >= 0.6 is 0 Å². The third-order valence-electron chi connectivity index (χ3n) is 1.88. The lowest BCUT2D eigenvalue weighted by atomic mass is 10.3. The zero-order valence-electron chi connectivity index (χ0n) is 7.00. The maximum absolute atomic E-state index is 11.4. The van der Waals surface area contributed by atoms with Crippen molar-refractivity contribution in [3.63, 3.8) is 0 Å². The zero-order chi connectivity index (χ0) is 8.72. The van der Waals surface area contributed by atoms with E-state index in [0.717, 1.165) is 10.5 Å². The highest BCUT2D eigenvalue weighted by molar-refractivity contribution is 5.69. The molecule has 2 rings (SSSR count). The van der Waals surface area contributed by atoms with Crippen LogP contribution in [0.5, 0.6) is 0 Å². The summed E-state index contributed by atoms with van der Waals surface area (Å²) in [5.41, 5.74) is 1.93. The number of furan rings is 1. The number of nitrogens with zero attached hydrogens (tertiary/aromatic N) is 1. The van der Waals surface area contributed by atoms with E-state index in [9.17, 15) is 5.21 Å². The highest BCUT2D eigenvalue weighted by atomic mass is 16.5. The molecule has 0 aliphatic rings. The van der Waals surface area contributed by atoms with Crippen LogP contribution in [0, 0.1) is 19.1 Å². The van der Waals surface area contributed by atoms with Crippen LogP contribution in [-0.4, -0.2) is 0 Å². The minimum atomic E-state index is 0.604. The maximum Gasteiger partial charge on any atom is 0.263 e. The second-order valence-corrected chi connectivity index (χ2v) is 2.88. The van der Waals surface area contributed by atoms with Crippen molar-refractivity contribution in [2.24, 2.45) is 0 Å². The summed E-state index contributed by atoms with van der Waals surface area (Å²) in [5.74, 6) is 0.764. The second kappa shape index (κ2) is 2.24. The summed E-state index contributed by atoms with van der Waals surface area (Å²) in [6.07, 6.45) is 0. The Morgan fingerprint density at radius 1 is 1.33 bits per heavy atom. The van der Waals surface area contributed by atoms with Crippen molar-refractivity contribution >= 4 is 11.1 Å². The first-order valence-corrected chi connectivity index (χ1v) is 3.78. The Morgan fingerprint density at radius 3 is 2.83 bits per heavy atom. The van der Waals surface area contributed by atoms with E-state index in [0.29, 0.717) is 16.8 Å². The van der Waals surface area contributed by atoms with Crippen LogP contribution in [-0.2, 0) is 0 Å². The van der Waals surface area contributed by atoms with Gasteiger partial charge in [0.1, 0.15) is 5.76 Å². The zero-order valence-corrected chi connectivity index (χ0v) is 7.00. The van der Waals surface area contributed by atoms with Crippen LogP contribution in [0.2, 0.25) is 0 Å². The third-order valence-corrected chi connectivity index (χ3v) is 1.88. The Labute approximate surface area is 69.8 Å². The number of aromatic nitrogens is 1. The molecule has 0 spiro atoms. The Morgan fingerprint density at radius 2 is 2.08 bits per heavy atom. The van der Waals surface area contributed by atoms with Gasteiger partial charge in [-0.3, -0.25) is 0 Å². The monoisotopic (exact) mass is 163 g/mol. The quantitative estimate of drug-likeness (QED) is 0.438. The van der Waals surface area contributed by atoms with Gasteiger partial charge in [0, 0.05) is 13.0 Å². The molecular weight excluding hydrogens is 154 g/mol. The van der Waals surface area contributed by atoms with Crippen LogP contribution in [0.3, 0.4) is 0 Å². The topological polar surface area (TPSA) is 40.1 Å². The first-order chi connectivity index (χ1) is 5.68. The lowest BCUT2D eigenvalue weighted by Crippen LogP contribution is -2.29. The first-order valence-electron chi connectivity index (χ1n) is 3.78. The van der Waals surface area contributed by atoms with Gasteiger partial charge in [0.05, 0.1) is 6.07 Å². The van der Waals surface area contributed by atoms with Gasteiger partial charge in [0.2, 0.25) is 0 Å². The van der Waals surface area contributed by atoms with Crippen molar-refractivity contribution in [3.05, 3.63) is 34.9 Å². The molecule has 62 valence electrons. The highest BCUT2D eigenvalue weighted by Crippen LogP contribution is 2.14. The van der Waals surface area contributed by atoms with Gasteiger partial charge in [-0.05, 0) is 13.0 Å². The number of aryl methyl sites for hydroxylation is 2. The summed E-state index contributed by atoms with van der Waals surface area (Å²) in [7, 11) is 0. The molecule has 0 aliphatic heterocycles. The number of rotatable bonds is 0. The first kappa shape index (κ1) is 7.16. The molecule has 0 amide bonds. The molecule has 0 saturated heterocycles. The summed E-state index contributed by atoms with van der Waals surface area (Å²) >= 11 is 0. The molecular formula is C9H9NO2. The number of pyridine rings is 1. The standard InChI is InChI=1S/C9H9NO2/c1-6-3-4-9-8(10(6)11)5-7(2)12-9/h3-5H,1-2H3. The van der Waals surface area contributed by atoms with E-state index in [1.807, 2.05) is 13.0 Å². The minimum Gasteiger partial charge on any atom is -0.618 e. The van der Waals surface area contributed by atoms with Gasteiger partial charge in [0.25, 0.3) is 5.52 Å². The van der Waals surface area contributed by atoms with Gasteiger partial charge in [-0.25, -0.2) is 0 Å². The summed E-state index contributed by atoms with van der Waals surface area (Å²) in [6, 6.07) is 5.31. The summed E-state index contributed by atoms with van der Waals surface area (Å²) in [6.45, 7) is 3.60. The average molecular weight is 163 g/mol. The van der Waals surface area contributed by atoms with E-state index in [2.05, 4.69) is 0 Å². The van der Waals surface area contributed by atoms with Crippen LogP contribution < -0.4 is 4.73 Å². The summed E-state index contributed by atoms with van der Waals surface area (Å²) in [4.78, 5) is 0. The van der Waals surface area contributed by atoms with Crippen molar-refractivity contribution in [1.29, 1.82) is 0 Å². The molecule has 0 aromatic carbocycles. The van der Waals surface area contributed by atoms with E-state index in [1.54, 1.807) is 19.1 Å². The van der Waals surface area contributed by atoms with Crippen molar-refractivity contribution < 1.29 is 9.15 Å². The Balaban J connectivity index is 2.89. The van der Waals surface area contributed by atoms with Crippen LogP contribution in [0.15, 0.2) is 22.6 Å². The fourth-order valence-corrected chi connectivity index (χ4v) is 1.25. The molecule has 0 fully saturated rings. The van der Waals surface area contributed by atoms with Gasteiger partial charge in [0.15, 0.2) is 11.3 Å². The van der Waals surface area contributed by atoms with Crippen molar-refractivity contribution in [3.8, 4) is 0 Å². The predicted octanol–water partition coefficient (Wildman–Crippen LogP) is 1.68. The smallest absolute Gasteiger partial charge is 0.263 e. The lowest BCUT2D eigenvalue weighted by Gasteiger charge is -1.98. The number of hydrogen-bond donors (Lipinski definition) is 0. The van der Waals surface area contributed by atoms with Gasteiger partial charge < -0.3 is 9.62 Å². The lowest BCUT2D eigenvalue weighted by molar-refractivity contribution is -0.584. The largest absolute Gasteiger partial charge is 0.618 e. The Kier molecular flexibility index (Phi) is 1.33. The van der Waals surface area contributed by atoms with E-state index in [1.165, 1.54) is 0 Å². The van der Waals surface area contributed by atoms with Crippen molar-refractivity contribution in [2.45, 2.75) is 13.8 Å². The number of fused-ring (bicyclic) bond motifs is 1. The molecule has 12 heavy (non-hydrogen) atoms. The molecule has 3 heteroatoms. The minimum absolute atomic E-state index is 0.604. The molecule has 2 heterocycles. The van der Waals surface area contributed by atoms with E-state index in [-0.39, 0.29) is 0 Å². The van der Waals surface area contributed by atoms with Crippen molar-refractivity contribution in [2.75, 3.05) is 0 Å². The maximum atomic E-state index is 11.4. The SMILES string of the molecule is Cc1cc2c(ccc(C)[n+]2[O-])o1. The predicted molar refractivity (Wildman–Crippen MR) is 44.6 cm³/mol. The molecule has 0 unspecified atom stereocenters. The molecule has 0 N–H and O–H groups in total. The van der Waals surface area contributed by atoms with Gasteiger partial charge in [-0.15, -0.1) is 0 Å². The molecule has 2 aromatic heterocycles. The fraction of sp³-hybridized carbons (Fsp3) is 0.222. The molecule has 0 bridgehead atoms. The Bertz CT molecular complexity index is 431. The molecule has 0 saturated carbocycles. The number of hydrogen-bond acceptors (Lipinski definition) is 2. The van der Waals surface area contributed by atoms with Crippen LogP contribution in [0.25, 0.3) is 11.1 Å². The van der Waals surface area contributed by atoms with Gasteiger partial charge in [-0.2, -0.15) is 4.73 Å². The van der Waals surface area contributed by atoms with E-state index in [4.69, 9.17) is 4.42 Å².